The van der Waals surface area contributed by atoms with E-state index in [1.165, 1.54) is 0 Å². The molecule has 4 nitrogen and oxygen atoms in total. The van der Waals surface area contributed by atoms with E-state index < -0.39 is 5.97 Å². The molecular formula is C13H13BrO4. The highest BCUT2D eigenvalue weighted by Crippen LogP contribution is 2.55. The molecule has 0 unspecified atom stereocenters. The van der Waals surface area contributed by atoms with Crippen molar-refractivity contribution in [2.75, 3.05) is 6.79 Å². The summed E-state index contributed by atoms with van der Waals surface area (Å²) in [7, 11) is 0. The second kappa shape index (κ2) is 3.88. The highest BCUT2D eigenvalue weighted by atomic mass is 79.9. The van der Waals surface area contributed by atoms with Crippen molar-refractivity contribution in [2.24, 2.45) is 0 Å². The number of hydrogen-bond acceptors (Lipinski definition) is 3. The Morgan fingerprint density at radius 1 is 1.50 bits per heavy atom. The van der Waals surface area contributed by atoms with Crippen molar-refractivity contribution in [3.05, 3.63) is 21.7 Å². The normalized spacial score (nSPS) is 18.8. The van der Waals surface area contributed by atoms with Crippen LogP contribution in [0.2, 0.25) is 0 Å². The Labute approximate surface area is 113 Å². The number of hydrogen-bond donors (Lipinski definition) is 1. The van der Waals surface area contributed by atoms with E-state index in [9.17, 15) is 4.79 Å². The maximum absolute atomic E-state index is 11.0. The number of carboxylic acids is 1. The Balaban J connectivity index is 2.08. The number of benzene rings is 1. The van der Waals surface area contributed by atoms with E-state index >= 15 is 0 Å². The molecule has 96 valence electrons. The molecule has 1 aliphatic heterocycles. The molecule has 1 aromatic carbocycles. The molecule has 0 atom stereocenters. The van der Waals surface area contributed by atoms with Gasteiger partial charge in [0, 0.05) is 5.41 Å². The second-order valence-electron chi connectivity index (χ2n) is 4.95. The van der Waals surface area contributed by atoms with Crippen LogP contribution in [-0.4, -0.2) is 17.9 Å². The van der Waals surface area contributed by atoms with E-state index in [1.807, 2.05) is 13.0 Å². The lowest BCUT2D eigenvalue weighted by molar-refractivity contribution is -0.137. The number of carbonyl (C=O) groups is 1. The Kier molecular flexibility index (Phi) is 2.55. The summed E-state index contributed by atoms with van der Waals surface area (Å²) in [5.74, 6) is 0.683. The van der Waals surface area contributed by atoms with Crippen LogP contribution in [0.3, 0.4) is 0 Å². The lowest BCUT2D eigenvalue weighted by atomic mass is 9.88. The Morgan fingerprint density at radius 3 is 2.83 bits per heavy atom. The van der Waals surface area contributed by atoms with Crippen LogP contribution in [0, 0.1) is 6.92 Å². The zero-order chi connectivity index (χ0) is 12.9. The lowest BCUT2D eigenvalue weighted by Gasteiger charge is -2.18. The molecule has 18 heavy (non-hydrogen) atoms. The van der Waals surface area contributed by atoms with Crippen LogP contribution >= 0.6 is 15.9 Å². The first-order chi connectivity index (χ1) is 8.53. The van der Waals surface area contributed by atoms with Gasteiger partial charge >= 0.3 is 5.97 Å². The molecule has 2 aliphatic rings. The summed E-state index contributed by atoms with van der Waals surface area (Å²) in [4.78, 5) is 11.0. The van der Waals surface area contributed by atoms with Crippen LogP contribution in [0.25, 0.3) is 0 Å². The summed E-state index contributed by atoms with van der Waals surface area (Å²) in [5.41, 5.74) is 1.92. The number of ether oxygens (including phenoxy) is 2. The van der Waals surface area contributed by atoms with Gasteiger partial charge in [-0.25, -0.2) is 0 Å². The Bertz CT molecular complexity index is 534. The molecule has 5 heteroatoms. The third-order valence-electron chi connectivity index (χ3n) is 3.76. The van der Waals surface area contributed by atoms with Crippen molar-refractivity contribution in [3.8, 4) is 11.5 Å². The fourth-order valence-corrected chi connectivity index (χ4v) is 3.15. The van der Waals surface area contributed by atoms with E-state index in [-0.39, 0.29) is 18.6 Å². The van der Waals surface area contributed by atoms with Gasteiger partial charge < -0.3 is 14.6 Å². The molecule has 0 radical (unpaired) electrons. The van der Waals surface area contributed by atoms with Crippen LogP contribution in [0.1, 0.15) is 30.4 Å². The maximum atomic E-state index is 11.0. The Hall–Kier alpha value is -1.23. The summed E-state index contributed by atoms with van der Waals surface area (Å²) < 4.78 is 11.7. The minimum absolute atomic E-state index is 0.180. The fourth-order valence-electron chi connectivity index (χ4n) is 2.63. The molecule has 1 aromatic rings. The van der Waals surface area contributed by atoms with Gasteiger partial charge in [-0.1, -0.05) is 0 Å². The average Bonchev–Trinajstić information content (AvgIpc) is 2.91. The number of rotatable bonds is 3. The first kappa shape index (κ1) is 11.8. The van der Waals surface area contributed by atoms with Crippen LogP contribution in [0.4, 0.5) is 0 Å². The standard InChI is InChI=1S/C13H13BrO4/c1-7-8(13(2-3-13)5-10(15)16)4-9-12(11(7)14)18-6-17-9/h4H,2-3,5-6H2,1H3,(H,15,16). The van der Waals surface area contributed by atoms with Gasteiger partial charge in [0.05, 0.1) is 10.9 Å². The first-order valence-electron chi connectivity index (χ1n) is 5.84. The van der Waals surface area contributed by atoms with Crippen molar-refractivity contribution in [3.63, 3.8) is 0 Å². The van der Waals surface area contributed by atoms with Crippen LogP contribution in [0.5, 0.6) is 11.5 Å². The summed E-state index contributed by atoms with van der Waals surface area (Å²) in [6, 6.07) is 1.94. The van der Waals surface area contributed by atoms with Gasteiger partial charge in [-0.2, -0.15) is 0 Å². The van der Waals surface area contributed by atoms with Gasteiger partial charge in [0.15, 0.2) is 11.5 Å². The number of fused-ring (bicyclic) bond motifs is 1. The molecule has 0 amide bonds. The third kappa shape index (κ3) is 1.68. The van der Waals surface area contributed by atoms with Crippen LogP contribution < -0.4 is 9.47 Å². The predicted molar refractivity (Wildman–Crippen MR) is 68.2 cm³/mol. The number of halogens is 1. The molecule has 1 N–H and O–H groups in total. The SMILES string of the molecule is Cc1c(C2(CC(=O)O)CC2)cc2c(c1Br)OCO2. The predicted octanol–water partition coefficient (Wildman–Crippen LogP) is 2.99. The largest absolute Gasteiger partial charge is 0.481 e. The number of aliphatic carboxylic acids is 1. The van der Waals surface area contributed by atoms with Crippen LogP contribution in [-0.2, 0) is 10.2 Å². The van der Waals surface area contributed by atoms with Gasteiger partial charge in [-0.15, -0.1) is 0 Å². The van der Waals surface area contributed by atoms with E-state index in [0.29, 0.717) is 5.75 Å². The fraction of sp³-hybridized carbons (Fsp3) is 0.462. The smallest absolute Gasteiger partial charge is 0.304 e. The lowest BCUT2D eigenvalue weighted by Crippen LogP contribution is -2.14. The summed E-state index contributed by atoms with van der Waals surface area (Å²) >= 11 is 3.52. The van der Waals surface area contributed by atoms with Crippen molar-refractivity contribution in [1.29, 1.82) is 0 Å². The summed E-state index contributed by atoms with van der Waals surface area (Å²) in [5, 5.41) is 9.04. The van der Waals surface area contributed by atoms with Crippen molar-refractivity contribution in [1.82, 2.24) is 0 Å². The van der Waals surface area contributed by atoms with Crippen LogP contribution in [0.15, 0.2) is 10.5 Å². The third-order valence-corrected chi connectivity index (χ3v) is 4.72. The highest BCUT2D eigenvalue weighted by molar-refractivity contribution is 9.10. The van der Waals surface area contributed by atoms with Crippen molar-refractivity contribution >= 4 is 21.9 Å². The second-order valence-corrected chi connectivity index (χ2v) is 5.74. The topological polar surface area (TPSA) is 55.8 Å². The van der Waals surface area contributed by atoms with Gasteiger partial charge in [0.2, 0.25) is 6.79 Å². The molecule has 0 saturated heterocycles. The molecule has 3 rings (SSSR count). The zero-order valence-corrected chi connectivity index (χ0v) is 11.5. The van der Waals surface area contributed by atoms with E-state index in [2.05, 4.69) is 15.9 Å². The quantitative estimate of drug-likeness (QED) is 0.932. The minimum Gasteiger partial charge on any atom is -0.481 e. The molecule has 1 heterocycles. The van der Waals surface area contributed by atoms with Gasteiger partial charge in [0.25, 0.3) is 0 Å². The van der Waals surface area contributed by atoms with Gasteiger partial charge in [-0.05, 0) is 52.9 Å². The first-order valence-corrected chi connectivity index (χ1v) is 6.64. The molecular weight excluding hydrogens is 300 g/mol. The summed E-state index contributed by atoms with van der Waals surface area (Å²) in [6.45, 7) is 2.21. The highest BCUT2D eigenvalue weighted by Gasteiger charge is 2.48. The Morgan fingerprint density at radius 2 is 2.22 bits per heavy atom. The molecule has 1 fully saturated rings. The molecule has 0 bridgehead atoms. The molecule has 0 spiro atoms. The van der Waals surface area contributed by atoms with Crippen molar-refractivity contribution < 1.29 is 19.4 Å². The maximum Gasteiger partial charge on any atom is 0.304 e. The molecule has 1 aliphatic carbocycles. The molecule has 1 saturated carbocycles. The zero-order valence-electron chi connectivity index (χ0n) is 9.96. The van der Waals surface area contributed by atoms with E-state index in [4.69, 9.17) is 14.6 Å². The number of carboxylic acid groups (broad SMARTS) is 1. The van der Waals surface area contributed by atoms with E-state index in [0.717, 1.165) is 34.2 Å². The molecule has 0 aromatic heterocycles. The summed E-state index contributed by atoms with van der Waals surface area (Å²) in [6.07, 6.45) is 2.03. The van der Waals surface area contributed by atoms with Gasteiger partial charge in [-0.3, -0.25) is 4.79 Å². The van der Waals surface area contributed by atoms with E-state index in [1.54, 1.807) is 0 Å². The minimum atomic E-state index is -0.749. The van der Waals surface area contributed by atoms with Gasteiger partial charge in [0.1, 0.15) is 0 Å². The average molecular weight is 313 g/mol. The monoisotopic (exact) mass is 312 g/mol. The van der Waals surface area contributed by atoms with Crippen molar-refractivity contribution in [2.45, 2.75) is 31.6 Å².